The number of aromatic nitrogens is 4. The monoisotopic (exact) mass is 268 g/mol. The Labute approximate surface area is 118 Å². The summed E-state index contributed by atoms with van der Waals surface area (Å²) in [5.74, 6) is 1.76. The number of hydrogen-bond donors (Lipinski definition) is 1. The highest BCUT2D eigenvalue weighted by molar-refractivity contribution is 5.85. The maximum absolute atomic E-state index is 4.57. The molecule has 0 aliphatic rings. The van der Waals surface area contributed by atoms with Gasteiger partial charge in [-0.05, 0) is 38.5 Å². The number of aromatic amines is 1. The number of hydrogen-bond acceptors (Lipinski definition) is 2. The van der Waals surface area contributed by atoms with Crippen LogP contribution in [0.4, 0.5) is 0 Å². The van der Waals surface area contributed by atoms with Gasteiger partial charge >= 0.3 is 0 Å². The number of H-pyrrole nitrogens is 1. The summed E-state index contributed by atoms with van der Waals surface area (Å²) in [7, 11) is 0. The molecular formula is C16H20N4. The van der Waals surface area contributed by atoms with Crippen molar-refractivity contribution in [1.82, 2.24) is 19.7 Å². The Balaban J connectivity index is 2.05. The van der Waals surface area contributed by atoms with Crippen LogP contribution in [0, 0.1) is 13.8 Å². The van der Waals surface area contributed by atoms with Crippen molar-refractivity contribution in [3.8, 4) is 11.5 Å². The van der Waals surface area contributed by atoms with Gasteiger partial charge in [-0.1, -0.05) is 25.0 Å². The van der Waals surface area contributed by atoms with Crippen molar-refractivity contribution in [2.75, 3.05) is 0 Å². The lowest BCUT2D eigenvalue weighted by Gasteiger charge is -2.02. The van der Waals surface area contributed by atoms with E-state index in [2.05, 4.69) is 53.2 Å². The molecule has 0 saturated heterocycles. The average Bonchev–Trinajstić information content (AvgIpc) is 2.98. The Bertz CT molecular complexity index is 736. The molecule has 1 N–H and O–H groups in total. The highest BCUT2D eigenvalue weighted by Gasteiger charge is 2.12. The van der Waals surface area contributed by atoms with Crippen molar-refractivity contribution in [3.05, 3.63) is 35.7 Å². The molecule has 104 valence electrons. The number of aryl methyl sites for hydroxylation is 3. The largest absolute Gasteiger partial charge is 0.352 e. The summed E-state index contributed by atoms with van der Waals surface area (Å²) in [6.45, 7) is 7.16. The first kappa shape index (κ1) is 12.9. The van der Waals surface area contributed by atoms with E-state index in [-0.39, 0.29) is 0 Å². The van der Waals surface area contributed by atoms with Crippen molar-refractivity contribution in [2.24, 2.45) is 0 Å². The molecule has 4 heteroatoms. The summed E-state index contributed by atoms with van der Waals surface area (Å²) in [6.07, 6.45) is 2.28. The van der Waals surface area contributed by atoms with Crippen LogP contribution in [0.1, 0.15) is 31.2 Å². The smallest absolute Gasteiger partial charge is 0.174 e. The maximum atomic E-state index is 4.57. The molecule has 0 saturated carbocycles. The van der Waals surface area contributed by atoms with E-state index in [1.54, 1.807) is 0 Å². The number of fused-ring (bicyclic) bond motifs is 1. The molecule has 0 aliphatic carbocycles. The zero-order valence-corrected chi connectivity index (χ0v) is 12.3. The van der Waals surface area contributed by atoms with Crippen LogP contribution in [-0.4, -0.2) is 19.7 Å². The van der Waals surface area contributed by atoms with Crippen molar-refractivity contribution in [3.63, 3.8) is 0 Å². The van der Waals surface area contributed by atoms with Gasteiger partial charge in [0.2, 0.25) is 0 Å². The van der Waals surface area contributed by atoms with E-state index in [9.17, 15) is 0 Å². The van der Waals surface area contributed by atoms with E-state index >= 15 is 0 Å². The van der Waals surface area contributed by atoms with E-state index in [0.29, 0.717) is 0 Å². The highest BCUT2D eigenvalue weighted by Crippen LogP contribution is 2.24. The molecule has 4 nitrogen and oxygen atoms in total. The van der Waals surface area contributed by atoms with Gasteiger partial charge in [-0.25, -0.2) is 9.67 Å². The Morgan fingerprint density at radius 1 is 1.20 bits per heavy atom. The van der Waals surface area contributed by atoms with Gasteiger partial charge in [-0.2, -0.15) is 5.10 Å². The molecule has 1 aromatic carbocycles. The fraction of sp³-hybridized carbons (Fsp3) is 0.375. The van der Waals surface area contributed by atoms with Crippen LogP contribution in [0.5, 0.6) is 0 Å². The van der Waals surface area contributed by atoms with Crippen LogP contribution in [0.2, 0.25) is 0 Å². The molecule has 0 spiro atoms. The summed E-state index contributed by atoms with van der Waals surface area (Å²) in [6, 6.07) is 8.59. The minimum atomic E-state index is 0.825. The number of nitrogens with zero attached hydrogens (tertiary/aromatic N) is 3. The molecule has 0 bridgehead atoms. The van der Waals surface area contributed by atoms with Crippen LogP contribution in [-0.2, 0) is 6.54 Å². The quantitative estimate of drug-likeness (QED) is 0.781. The van der Waals surface area contributed by atoms with E-state index in [0.717, 1.165) is 42.2 Å². The van der Waals surface area contributed by atoms with Gasteiger partial charge in [0.05, 0.1) is 5.69 Å². The third kappa shape index (κ3) is 2.33. The van der Waals surface area contributed by atoms with Gasteiger partial charge in [0.15, 0.2) is 5.82 Å². The Kier molecular flexibility index (Phi) is 3.30. The summed E-state index contributed by atoms with van der Waals surface area (Å²) < 4.78 is 2.01. The molecule has 0 amide bonds. The van der Waals surface area contributed by atoms with E-state index in [4.69, 9.17) is 0 Å². The van der Waals surface area contributed by atoms with Crippen LogP contribution in [0.3, 0.4) is 0 Å². The molecule has 3 rings (SSSR count). The van der Waals surface area contributed by atoms with Gasteiger partial charge in [0, 0.05) is 17.4 Å². The summed E-state index contributed by atoms with van der Waals surface area (Å²) in [5.41, 5.74) is 3.46. The number of rotatable bonds is 4. The SMILES string of the molecule is CCCCn1nc(C)nc1-c1cc2cc(C)ccc2[nH]1. The molecule has 3 aromatic rings. The summed E-state index contributed by atoms with van der Waals surface area (Å²) in [5, 5.41) is 5.72. The standard InChI is InChI=1S/C16H20N4/c1-4-5-8-20-16(17-12(3)19-20)15-10-13-9-11(2)6-7-14(13)18-15/h6-7,9-10,18H,4-5,8H2,1-3H3. The second kappa shape index (κ2) is 5.12. The number of benzene rings is 1. The molecule has 0 fully saturated rings. The average molecular weight is 268 g/mol. The minimum absolute atomic E-state index is 0.825. The molecule has 2 aromatic heterocycles. The first-order valence-corrected chi connectivity index (χ1v) is 7.18. The first-order chi connectivity index (χ1) is 9.67. The fourth-order valence-corrected chi connectivity index (χ4v) is 2.49. The van der Waals surface area contributed by atoms with Crippen LogP contribution >= 0.6 is 0 Å². The second-order valence-corrected chi connectivity index (χ2v) is 5.33. The molecule has 0 unspecified atom stereocenters. The molecular weight excluding hydrogens is 248 g/mol. The molecule has 2 heterocycles. The van der Waals surface area contributed by atoms with Crippen molar-refractivity contribution in [2.45, 2.75) is 40.2 Å². The zero-order valence-electron chi connectivity index (χ0n) is 12.3. The lowest BCUT2D eigenvalue weighted by molar-refractivity contribution is 0.572. The van der Waals surface area contributed by atoms with E-state index < -0.39 is 0 Å². The third-order valence-electron chi connectivity index (χ3n) is 3.52. The Hall–Kier alpha value is -2.10. The second-order valence-electron chi connectivity index (χ2n) is 5.33. The topological polar surface area (TPSA) is 46.5 Å². The van der Waals surface area contributed by atoms with Gasteiger partial charge in [0.25, 0.3) is 0 Å². The predicted molar refractivity (Wildman–Crippen MR) is 81.7 cm³/mol. The predicted octanol–water partition coefficient (Wildman–Crippen LogP) is 3.84. The summed E-state index contributed by atoms with van der Waals surface area (Å²) >= 11 is 0. The van der Waals surface area contributed by atoms with Crippen molar-refractivity contribution < 1.29 is 0 Å². The van der Waals surface area contributed by atoms with Gasteiger partial charge in [-0.15, -0.1) is 0 Å². The van der Waals surface area contributed by atoms with Gasteiger partial charge in [-0.3, -0.25) is 0 Å². The number of unbranched alkanes of at least 4 members (excludes halogenated alkanes) is 1. The molecule has 0 aliphatic heterocycles. The highest BCUT2D eigenvalue weighted by atomic mass is 15.3. The zero-order chi connectivity index (χ0) is 14.1. The van der Waals surface area contributed by atoms with Crippen molar-refractivity contribution in [1.29, 1.82) is 0 Å². The Morgan fingerprint density at radius 3 is 2.85 bits per heavy atom. The number of nitrogens with one attached hydrogen (secondary N) is 1. The molecule has 0 radical (unpaired) electrons. The fourth-order valence-electron chi connectivity index (χ4n) is 2.49. The van der Waals surface area contributed by atoms with Crippen LogP contribution < -0.4 is 0 Å². The van der Waals surface area contributed by atoms with Gasteiger partial charge in [0.1, 0.15) is 5.82 Å². The molecule has 0 atom stereocenters. The van der Waals surface area contributed by atoms with Crippen LogP contribution in [0.25, 0.3) is 22.4 Å². The van der Waals surface area contributed by atoms with Gasteiger partial charge < -0.3 is 4.98 Å². The normalized spacial score (nSPS) is 11.3. The molecule has 20 heavy (non-hydrogen) atoms. The van der Waals surface area contributed by atoms with Crippen molar-refractivity contribution >= 4 is 10.9 Å². The van der Waals surface area contributed by atoms with E-state index in [1.165, 1.54) is 10.9 Å². The first-order valence-electron chi connectivity index (χ1n) is 7.18. The lowest BCUT2D eigenvalue weighted by Crippen LogP contribution is -2.02. The van der Waals surface area contributed by atoms with E-state index in [1.807, 2.05) is 11.6 Å². The minimum Gasteiger partial charge on any atom is -0.352 e. The maximum Gasteiger partial charge on any atom is 0.174 e. The lowest BCUT2D eigenvalue weighted by atomic mass is 10.2. The van der Waals surface area contributed by atoms with Crippen LogP contribution in [0.15, 0.2) is 24.3 Å². The summed E-state index contributed by atoms with van der Waals surface area (Å²) in [4.78, 5) is 8.02. The third-order valence-corrected chi connectivity index (χ3v) is 3.52. The Morgan fingerprint density at radius 2 is 2.05 bits per heavy atom.